The molecule has 0 unspecified atom stereocenters. The lowest BCUT2D eigenvalue weighted by Crippen LogP contribution is -2.42. The van der Waals surface area contributed by atoms with E-state index in [2.05, 4.69) is 10.3 Å². The lowest BCUT2D eigenvalue weighted by molar-refractivity contribution is -0.121. The second-order valence-electron chi connectivity index (χ2n) is 5.80. The number of nitrogens with zero attached hydrogens (tertiary/aromatic N) is 2. The van der Waals surface area contributed by atoms with Gasteiger partial charge in [-0.25, -0.2) is 4.98 Å². The van der Waals surface area contributed by atoms with E-state index < -0.39 is 5.54 Å². The standard InChI is InChI=1S/C17H19N3O2S/c1-12-4-6-14(7-5-12)22-9-16-19-13(10-23-16)8-15(21)20-17(2,3)11-18/h4-7,10H,8-9H2,1-3H3,(H,20,21). The molecule has 2 aromatic rings. The molecule has 0 bridgehead atoms. The average molecular weight is 329 g/mol. The predicted molar refractivity (Wildman–Crippen MR) is 89.2 cm³/mol. The van der Waals surface area contributed by atoms with Crippen LogP contribution in [-0.2, 0) is 17.8 Å². The van der Waals surface area contributed by atoms with Crippen molar-refractivity contribution in [1.82, 2.24) is 10.3 Å². The van der Waals surface area contributed by atoms with Crippen LogP contribution < -0.4 is 10.1 Å². The molecule has 23 heavy (non-hydrogen) atoms. The number of carbonyl (C=O) groups is 1. The van der Waals surface area contributed by atoms with Crippen molar-refractivity contribution >= 4 is 17.2 Å². The van der Waals surface area contributed by atoms with Gasteiger partial charge in [-0.15, -0.1) is 11.3 Å². The molecule has 1 heterocycles. The number of rotatable bonds is 6. The van der Waals surface area contributed by atoms with E-state index >= 15 is 0 Å². The van der Waals surface area contributed by atoms with Gasteiger partial charge in [-0.3, -0.25) is 4.79 Å². The van der Waals surface area contributed by atoms with Crippen LogP contribution in [0.25, 0.3) is 0 Å². The molecule has 0 spiro atoms. The topological polar surface area (TPSA) is 75.0 Å². The molecule has 0 fully saturated rings. The van der Waals surface area contributed by atoms with Crippen molar-refractivity contribution in [1.29, 1.82) is 5.26 Å². The predicted octanol–water partition coefficient (Wildman–Crippen LogP) is 2.99. The highest BCUT2D eigenvalue weighted by Crippen LogP contribution is 2.16. The molecule has 120 valence electrons. The Labute approximate surface area is 139 Å². The van der Waals surface area contributed by atoms with Crippen molar-refractivity contribution < 1.29 is 9.53 Å². The Morgan fingerprint density at radius 1 is 1.39 bits per heavy atom. The van der Waals surface area contributed by atoms with Gasteiger partial charge in [-0.2, -0.15) is 5.26 Å². The van der Waals surface area contributed by atoms with Crippen LogP contribution in [-0.4, -0.2) is 16.4 Å². The van der Waals surface area contributed by atoms with Gasteiger partial charge in [0, 0.05) is 5.38 Å². The highest BCUT2D eigenvalue weighted by atomic mass is 32.1. The maximum absolute atomic E-state index is 11.9. The zero-order valence-electron chi connectivity index (χ0n) is 13.4. The fourth-order valence-corrected chi connectivity index (χ4v) is 2.57. The SMILES string of the molecule is Cc1ccc(OCc2nc(CC(=O)NC(C)(C)C#N)cs2)cc1. The maximum atomic E-state index is 11.9. The number of amides is 1. The molecule has 5 nitrogen and oxygen atoms in total. The number of aryl methyl sites for hydroxylation is 1. The van der Waals surface area contributed by atoms with Crippen LogP contribution in [0.3, 0.4) is 0 Å². The summed E-state index contributed by atoms with van der Waals surface area (Å²) in [6.45, 7) is 5.72. The Morgan fingerprint density at radius 2 is 2.09 bits per heavy atom. The highest BCUT2D eigenvalue weighted by Gasteiger charge is 2.19. The van der Waals surface area contributed by atoms with Crippen molar-refractivity contribution in [3.05, 3.63) is 45.9 Å². The number of benzene rings is 1. The molecule has 0 radical (unpaired) electrons. The summed E-state index contributed by atoms with van der Waals surface area (Å²) in [6, 6.07) is 9.85. The Hall–Kier alpha value is -2.39. The summed E-state index contributed by atoms with van der Waals surface area (Å²) in [5.74, 6) is 0.578. The molecular weight excluding hydrogens is 310 g/mol. The third-order valence-corrected chi connectivity index (χ3v) is 3.93. The number of aromatic nitrogens is 1. The summed E-state index contributed by atoms with van der Waals surface area (Å²) in [6.07, 6.45) is 0.159. The molecule has 0 aliphatic rings. The van der Waals surface area contributed by atoms with Crippen molar-refractivity contribution in [3.63, 3.8) is 0 Å². The van der Waals surface area contributed by atoms with Crippen LogP contribution in [0.1, 0.15) is 30.1 Å². The van der Waals surface area contributed by atoms with E-state index in [1.54, 1.807) is 13.8 Å². The Balaban J connectivity index is 1.87. The van der Waals surface area contributed by atoms with Crippen LogP contribution >= 0.6 is 11.3 Å². The number of nitriles is 1. The van der Waals surface area contributed by atoms with Crippen LogP contribution in [0.15, 0.2) is 29.6 Å². The quantitative estimate of drug-likeness (QED) is 0.884. The molecule has 6 heteroatoms. The summed E-state index contributed by atoms with van der Waals surface area (Å²) in [7, 11) is 0. The van der Waals surface area contributed by atoms with E-state index in [1.807, 2.05) is 42.6 Å². The van der Waals surface area contributed by atoms with E-state index in [0.29, 0.717) is 12.3 Å². The van der Waals surface area contributed by atoms with Crippen molar-refractivity contribution in [2.24, 2.45) is 0 Å². The largest absolute Gasteiger partial charge is 0.486 e. The second-order valence-corrected chi connectivity index (χ2v) is 6.74. The molecular formula is C17H19N3O2S. The molecule has 1 N–H and O–H groups in total. The molecule has 1 amide bonds. The summed E-state index contributed by atoms with van der Waals surface area (Å²) in [4.78, 5) is 16.3. The van der Waals surface area contributed by atoms with Crippen LogP contribution in [0.2, 0.25) is 0 Å². The number of thiazole rings is 1. The summed E-state index contributed by atoms with van der Waals surface area (Å²) in [5, 5.41) is 14.2. The van der Waals surface area contributed by atoms with Crippen LogP contribution in [0.5, 0.6) is 5.75 Å². The van der Waals surface area contributed by atoms with Gasteiger partial charge in [0.15, 0.2) is 0 Å². The number of hydrogen-bond acceptors (Lipinski definition) is 5. The highest BCUT2D eigenvalue weighted by molar-refractivity contribution is 7.09. The van der Waals surface area contributed by atoms with Gasteiger partial charge in [0.1, 0.15) is 22.9 Å². The number of nitrogens with one attached hydrogen (secondary N) is 1. The van der Waals surface area contributed by atoms with Crippen molar-refractivity contribution in [3.8, 4) is 11.8 Å². The molecule has 0 saturated carbocycles. The minimum absolute atomic E-state index is 0.159. The number of carbonyl (C=O) groups excluding carboxylic acids is 1. The normalized spacial score (nSPS) is 10.9. The maximum Gasteiger partial charge on any atom is 0.227 e. The fourth-order valence-electron chi connectivity index (χ4n) is 1.86. The lowest BCUT2D eigenvalue weighted by Gasteiger charge is -2.16. The minimum atomic E-state index is -0.871. The average Bonchev–Trinajstić information content (AvgIpc) is 2.93. The zero-order valence-corrected chi connectivity index (χ0v) is 14.2. The van der Waals surface area contributed by atoms with Gasteiger partial charge in [0.25, 0.3) is 0 Å². The number of ether oxygens (including phenoxy) is 1. The molecule has 1 aromatic heterocycles. The summed E-state index contributed by atoms with van der Waals surface area (Å²) in [5.41, 5.74) is 0.994. The molecule has 0 aliphatic heterocycles. The monoisotopic (exact) mass is 329 g/mol. The fraction of sp³-hybridized carbons (Fsp3) is 0.353. The van der Waals surface area contributed by atoms with Crippen molar-refractivity contribution in [2.75, 3.05) is 0 Å². The summed E-state index contributed by atoms with van der Waals surface area (Å²) < 4.78 is 5.67. The van der Waals surface area contributed by atoms with Crippen LogP contribution in [0, 0.1) is 18.3 Å². The molecule has 1 aromatic carbocycles. The van der Waals surface area contributed by atoms with Crippen molar-refractivity contribution in [2.45, 2.75) is 39.3 Å². The lowest BCUT2D eigenvalue weighted by atomic mass is 10.1. The first-order valence-electron chi connectivity index (χ1n) is 7.23. The van der Waals surface area contributed by atoms with Gasteiger partial charge >= 0.3 is 0 Å². The second kappa shape index (κ2) is 7.25. The third-order valence-electron chi connectivity index (χ3n) is 3.06. The molecule has 0 atom stereocenters. The molecule has 0 saturated heterocycles. The van der Waals surface area contributed by atoms with E-state index in [1.165, 1.54) is 16.9 Å². The minimum Gasteiger partial charge on any atom is -0.486 e. The third kappa shape index (κ3) is 5.38. The van der Waals surface area contributed by atoms with Gasteiger partial charge in [0.05, 0.1) is 18.2 Å². The summed E-state index contributed by atoms with van der Waals surface area (Å²) >= 11 is 1.46. The van der Waals surface area contributed by atoms with E-state index in [-0.39, 0.29) is 12.3 Å². The van der Waals surface area contributed by atoms with Gasteiger partial charge in [-0.1, -0.05) is 17.7 Å². The zero-order chi connectivity index (χ0) is 16.9. The van der Waals surface area contributed by atoms with Gasteiger partial charge in [0.2, 0.25) is 5.91 Å². The first-order valence-corrected chi connectivity index (χ1v) is 8.11. The van der Waals surface area contributed by atoms with E-state index in [9.17, 15) is 4.79 Å². The first kappa shape index (κ1) is 17.0. The van der Waals surface area contributed by atoms with Gasteiger partial charge < -0.3 is 10.1 Å². The molecule has 2 rings (SSSR count). The van der Waals surface area contributed by atoms with E-state index in [0.717, 1.165) is 10.8 Å². The Kier molecular flexibility index (Phi) is 5.35. The van der Waals surface area contributed by atoms with E-state index in [4.69, 9.17) is 10.00 Å². The smallest absolute Gasteiger partial charge is 0.227 e. The van der Waals surface area contributed by atoms with Gasteiger partial charge in [-0.05, 0) is 32.9 Å². The first-order chi connectivity index (χ1) is 10.9. The number of hydrogen-bond donors (Lipinski definition) is 1. The molecule has 0 aliphatic carbocycles. The Bertz CT molecular complexity index is 714. The van der Waals surface area contributed by atoms with Crippen LogP contribution in [0.4, 0.5) is 0 Å². The Morgan fingerprint density at radius 3 is 2.74 bits per heavy atom.